The molecule has 1 aliphatic heterocycles. The predicted molar refractivity (Wildman–Crippen MR) is 118 cm³/mol. The van der Waals surface area contributed by atoms with Gasteiger partial charge in [0, 0.05) is 28.1 Å². The lowest BCUT2D eigenvalue weighted by Gasteiger charge is -2.09. The van der Waals surface area contributed by atoms with Crippen molar-refractivity contribution in [1.29, 1.82) is 0 Å². The molecule has 0 bridgehead atoms. The van der Waals surface area contributed by atoms with Gasteiger partial charge in [-0.1, -0.05) is 50.2 Å². The first-order valence-corrected chi connectivity index (χ1v) is 10.0. The Labute approximate surface area is 173 Å². The summed E-state index contributed by atoms with van der Waals surface area (Å²) < 4.78 is 2.33. The number of carbonyl (C=O) groups is 1. The van der Waals surface area contributed by atoms with E-state index in [0.717, 1.165) is 28.4 Å². The molecule has 3 heterocycles. The number of hydrazone groups is 1. The van der Waals surface area contributed by atoms with Crippen LogP contribution >= 0.6 is 0 Å². The third kappa shape index (κ3) is 3.06. The van der Waals surface area contributed by atoms with Gasteiger partial charge in [0.1, 0.15) is 5.70 Å². The van der Waals surface area contributed by atoms with Crippen LogP contribution in [0.2, 0.25) is 0 Å². The van der Waals surface area contributed by atoms with E-state index in [1.165, 1.54) is 10.9 Å². The minimum absolute atomic E-state index is 0.312. The van der Waals surface area contributed by atoms with Crippen molar-refractivity contribution in [3.63, 3.8) is 0 Å². The number of rotatable bonds is 5. The molecule has 0 radical (unpaired) electrons. The summed E-state index contributed by atoms with van der Waals surface area (Å²) in [5.41, 5.74) is 6.28. The number of benzene rings is 2. The first kappa shape index (κ1) is 18.2. The second kappa shape index (κ2) is 7.22. The topological polar surface area (TPSA) is 71.6 Å². The highest BCUT2D eigenvalue weighted by atomic mass is 16.1. The van der Waals surface area contributed by atoms with Crippen LogP contribution in [0, 0.1) is 5.92 Å². The molecule has 4 aromatic rings. The highest BCUT2D eigenvalue weighted by Crippen LogP contribution is 2.29. The number of carbonyl (C=O) groups excluding carboxylic acids is 1. The number of hydrogen-bond donors (Lipinski definition) is 1. The van der Waals surface area contributed by atoms with E-state index in [4.69, 9.17) is 0 Å². The van der Waals surface area contributed by atoms with Gasteiger partial charge < -0.3 is 4.57 Å². The van der Waals surface area contributed by atoms with Crippen LogP contribution < -0.4 is 16.0 Å². The smallest absolute Gasteiger partial charge is 0.296 e. The van der Waals surface area contributed by atoms with Gasteiger partial charge in [-0.3, -0.25) is 15.2 Å². The van der Waals surface area contributed by atoms with Crippen molar-refractivity contribution in [2.24, 2.45) is 16.0 Å². The summed E-state index contributed by atoms with van der Waals surface area (Å²) in [5, 5.41) is 8.03. The van der Waals surface area contributed by atoms with Gasteiger partial charge >= 0.3 is 0 Å². The van der Waals surface area contributed by atoms with Crippen LogP contribution in [0.3, 0.4) is 0 Å². The number of aromatic nitrogens is 2. The SMILES string of the molecule is CC(C)Cn1c2ccccc2c2cc(/C=N/NC3=c4ccccc4=NC3=O)ncc21. The van der Waals surface area contributed by atoms with Gasteiger partial charge in [-0.15, -0.1) is 0 Å². The van der Waals surface area contributed by atoms with Crippen LogP contribution in [0.5, 0.6) is 0 Å². The number of nitrogens with zero attached hydrogens (tertiary/aromatic N) is 4. The molecule has 1 N–H and O–H groups in total. The van der Waals surface area contributed by atoms with Crippen LogP contribution in [-0.2, 0) is 11.3 Å². The summed E-state index contributed by atoms with van der Waals surface area (Å²) in [6.45, 7) is 5.37. The van der Waals surface area contributed by atoms with Crippen molar-refractivity contribution >= 4 is 39.6 Å². The molecule has 0 atom stereocenters. The Bertz CT molecular complexity index is 1450. The summed E-state index contributed by atoms with van der Waals surface area (Å²) in [7, 11) is 0. The Balaban J connectivity index is 1.51. The van der Waals surface area contributed by atoms with E-state index in [9.17, 15) is 4.79 Å². The number of hydrogen-bond acceptors (Lipinski definition) is 4. The van der Waals surface area contributed by atoms with E-state index in [2.05, 4.69) is 63.2 Å². The fourth-order valence-electron chi connectivity index (χ4n) is 3.93. The van der Waals surface area contributed by atoms with Gasteiger partial charge in [0.15, 0.2) is 0 Å². The molecule has 0 aliphatic carbocycles. The third-order valence-electron chi connectivity index (χ3n) is 5.21. The minimum atomic E-state index is -0.312. The molecule has 0 unspecified atom stereocenters. The molecule has 5 rings (SSSR count). The van der Waals surface area contributed by atoms with E-state index in [-0.39, 0.29) is 5.91 Å². The zero-order chi connectivity index (χ0) is 20.7. The van der Waals surface area contributed by atoms with E-state index in [0.29, 0.717) is 17.0 Å². The van der Waals surface area contributed by atoms with Crippen LogP contribution in [0.1, 0.15) is 19.5 Å². The van der Waals surface area contributed by atoms with E-state index < -0.39 is 0 Å². The van der Waals surface area contributed by atoms with E-state index in [1.54, 1.807) is 6.21 Å². The van der Waals surface area contributed by atoms with Gasteiger partial charge in [0.05, 0.1) is 29.0 Å². The summed E-state index contributed by atoms with van der Waals surface area (Å²) in [4.78, 5) is 20.7. The molecule has 148 valence electrons. The number of amides is 1. The highest BCUT2D eigenvalue weighted by molar-refractivity contribution is 6.14. The summed E-state index contributed by atoms with van der Waals surface area (Å²) >= 11 is 0. The van der Waals surface area contributed by atoms with Crippen LogP contribution in [-0.4, -0.2) is 21.7 Å². The fraction of sp³-hybridized carbons (Fsp3) is 0.167. The Kier molecular flexibility index (Phi) is 4.39. The maximum absolute atomic E-state index is 12.1. The average Bonchev–Trinajstić information content (AvgIpc) is 3.22. The Morgan fingerprint density at radius 2 is 1.87 bits per heavy atom. The second-order valence-electron chi connectivity index (χ2n) is 7.83. The van der Waals surface area contributed by atoms with Crippen molar-refractivity contribution in [1.82, 2.24) is 15.0 Å². The van der Waals surface area contributed by atoms with Gasteiger partial charge in [-0.05, 0) is 24.1 Å². The molecule has 6 nitrogen and oxygen atoms in total. The van der Waals surface area contributed by atoms with Gasteiger partial charge in [-0.25, -0.2) is 4.99 Å². The van der Waals surface area contributed by atoms with Crippen molar-refractivity contribution in [2.75, 3.05) is 0 Å². The number of fused-ring (bicyclic) bond motifs is 4. The Morgan fingerprint density at radius 3 is 2.73 bits per heavy atom. The maximum atomic E-state index is 12.1. The summed E-state index contributed by atoms with van der Waals surface area (Å²) in [6, 6.07) is 17.9. The Morgan fingerprint density at radius 1 is 1.07 bits per heavy atom. The maximum Gasteiger partial charge on any atom is 0.296 e. The van der Waals surface area contributed by atoms with E-state index >= 15 is 0 Å². The zero-order valence-electron chi connectivity index (χ0n) is 16.8. The van der Waals surface area contributed by atoms with Crippen molar-refractivity contribution in [3.8, 4) is 0 Å². The van der Waals surface area contributed by atoms with Crippen LogP contribution in [0.4, 0.5) is 0 Å². The van der Waals surface area contributed by atoms with E-state index in [1.807, 2.05) is 36.5 Å². The molecular formula is C24H21N5O. The quantitative estimate of drug-likeness (QED) is 0.417. The molecule has 2 aromatic heterocycles. The van der Waals surface area contributed by atoms with Crippen molar-refractivity contribution < 1.29 is 4.79 Å². The molecule has 0 spiro atoms. The lowest BCUT2D eigenvalue weighted by Crippen LogP contribution is -2.26. The molecule has 6 heteroatoms. The molecule has 30 heavy (non-hydrogen) atoms. The molecular weight excluding hydrogens is 374 g/mol. The first-order chi connectivity index (χ1) is 14.6. The van der Waals surface area contributed by atoms with Crippen molar-refractivity contribution in [2.45, 2.75) is 20.4 Å². The third-order valence-corrected chi connectivity index (χ3v) is 5.21. The molecule has 0 fully saturated rings. The normalized spacial score (nSPS) is 13.6. The van der Waals surface area contributed by atoms with Gasteiger partial charge in [0.25, 0.3) is 5.91 Å². The summed E-state index contributed by atoms with van der Waals surface area (Å²) in [6.07, 6.45) is 3.53. The average molecular weight is 395 g/mol. The predicted octanol–water partition coefficient (Wildman–Crippen LogP) is 2.74. The van der Waals surface area contributed by atoms with Crippen molar-refractivity contribution in [3.05, 3.63) is 77.1 Å². The van der Waals surface area contributed by atoms with Crippen LogP contribution in [0.25, 0.3) is 27.5 Å². The molecule has 2 aromatic carbocycles. The standard InChI is InChI=1S/C24H21N5O/c1-15(2)14-29-21-10-6-4-7-17(21)19-11-16(25-13-22(19)29)12-26-28-23-18-8-3-5-9-20(18)27-24(23)30/h3-13,15H,14H2,1-2H3,(H,27,28,30)/b26-12+. The van der Waals surface area contributed by atoms with Gasteiger partial charge in [0.2, 0.25) is 0 Å². The highest BCUT2D eigenvalue weighted by Gasteiger charge is 2.15. The Hall–Kier alpha value is -3.80. The number of pyridine rings is 1. The lowest BCUT2D eigenvalue weighted by molar-refractivity contribution is -0.113. The largest absolute Gasteiger partial charge is 0.339 e. The lowest BCUT2D eigenvalue weighted by atomic mass is 10.2. The minimum Gasteiger partial charge on any atom is -0.339 e. The first-order valence-electron chi connectivity index (χ1n) is 10.0. The number of nitrogens with one attached hydrogen (secondary N) is 1. The van der Waals surface area contributed by atoms with Crippen LogP contribution in [0.15, 0.2) is 70.9 Å². The fourth-order valence-corrected chi connectivity index (χ4v) is 3.93. The number of para-hydroxylation sites is 2. The second-order valence-corrected chi connectivity index (χ2v) is 7.83. The monoisotopic (exact) mass is 395 g/mol. The molecule has 1 amide bonds. The summed E-state index contributed by atoms with van der Waals surface area (Å²) in [5.74, 6) is 0.220. The molecule has 0 saturated heterocycles. The molecule has 0 saturated carbocycles. The zero-order valence-corrected chi connectivity index (χ0v) is 16.8. The molecule has 1 aliphatic rings. The van der Waals surface area contributed by atoms with Gasteiger partial charge in [-0.2, -0.15) is 5.10 Å².